The summed E-state index contributed by atoms with van der Waals surface area (Å²) in [4.78, 5) is 11.6. The van der Waals surface area contributed by atoms with Gasteiger partial charge in [-0.2, -0.15) is 0 Å². The monoisotopic (exact) mass is 264 g/mol. The lowest BCUT2D eigenvalue weighted by Crippen LogP contribution is -2.31. The summed E-state index contributed by atoms with van der Waals surface area (Å²) in [5.74, 6) is 0.980. The summed E-state index contributed by atoms with van der Waals surface area (Å²) in [5, 5.41) is 6.06. The quantitative estimate of drug-likeness (QED) is 0.668. The maximum atomic E-state index is 11.6. The molecule has 0 fully saturated rings. The second-order valence-electron chi connectivity index (χ2n) is 4.28. The third-order valence-electron chi connectivity index (χ3n) is 2.75. The van der Waals surface area contributed by atoms with Crippen molar-refractivity contribution in [3.8, 4) is 5.75 Å². The molecule has 0 aliphatic carbocycles. The van der Waals surface area contributed by atoms with E-state index in [0.29, 0.717) is 19.6 Å². The Bertz CT molecular complexity index is 363. The number of ether oxygens (including phenoxy) is 1. The van der Waals surface area contributed by atoms with Gasteiger partial charge in [0.1, 0.15) is 5.75 Å². The predicted molar refractivity (Wildman–Crippen MR) is 77.5 cm³/mol. The van der Waals surface area contributed by atoms with Crippen LogP contribution in [0.5, 0.6) is 5.75 Å². The van der Waals surface area contributed by atoms with Crippen LogP contribution in [0.25, 0.3) is 0 Å². The number of benzene rings is 1. The van der Waals surface area contributed by atoms with Crippen LogP contribution in [0.4, 0.5) is 0 Å². The van der Waals surface area contributed by atoms with E-state index in [1.165, 1.54) is 0 Å². The van der Waals surface area contributed by atoms with Gasteiger partial charge in [0.2, 0.25) is 5.91 Å². The molecular formula is C15H24N2O2. The molecule has 0 aliphatic heterocycles. The number of carbonyl (C=O) groups is 1. The van der Waals surface area contributed by atoms with Crippen LogP contribution in [0.1, 0.15) is 25.8 Å². The molecule has 19 heavy (non-hydrogen) atoms. The Kier molecular flexibility index (Phi) is 7.66. The summed E-state index contributed by atoms with van der Waals surface area (Å²) in [5.41, 5.74) is 1.16. The number of hydrogen-bond acceptors (Lipinski definition) is 3. The molecule has 0 saturated carbocycles. The summed E-state index contributed by atoms with van der Waals surface area (Å²) in [6.07, 6.45) is 1.29. The molecule has 0 aliphatic rings. The summed E-state index contributed by atoms with van der Waals surface area (Å²) in [6.45, 7) is 7.14. The Morgan fingerprint density at radius 1 is 1.16 bits per heavy atom. The molecule has 0 aromatic heterocycles. The first-order valence-electron chi connectivity index (χ1n) is 6.95. The van der Waals surface area contributed by atoms with E-state index in [4.69, 9.17) is 4.74 Å². The van der Waals surface area contributed by atoms with Gasteiger partial charge in [0.15, 0.2) is 0 Å². The minimum absolute atomic E-state index is 0.104. The highest BCUT2D eigenvalue weighted by Crippen LogP contribution is 2.13. The number of aryl methyl sites for hydroxylation is 1. The van der Waals surface area contributed by atoms with Crippen molar-refractivity contribution in [3.05, 3.63) is 29.8 Å². The van der Waals surface area contributed by atoms with Crippen LogP contribution in [-0.2, 0) is 11.2 Å². The zero-order chi connectivity index (χ0) is 13.9. The highest BCUT2D eigenvalue weighted by Gasteiger charge is 2.02. The van der Waals surface area contributed by atoms with E-state index in [2.05, 4.69) is 10.6 Å². The van der Waals surface area contributed by atoms with Gasteiger partial charge in [-0.05, 0) is 37.6 Å². The van der Waals surface area contributed by atoms with Gasteiger partial charge in [-0.3, -0.25) is 4.79 Å². The fourth-order valence-electron chi connectivity index (χ4n) is 1.73. The summed E-state index contributed by atoms with van der Waals surface area (Å²) >= 11 is 0. The van der Waals surface area contributed by atoms with Crippen LogP contribution >= 0.6 is 0 Å². The molecule has 1 aromatic carbocycles. The molecule has 0 heterocycles. The van der Waals surface area contributed by atoms with E-state index in [1.807, 2.05) is 38.1 Å². The standard InChI is InChI=1S/C15H24N2O2/c1-3-16-11-12-17-15(18)10-7-13-5-8-14(9-6-13)19-4-2/h5-6,8-9,16H,3-4,7,10-12H2,1-2H3,(H,17,18). The molecule has 1 aromatic rings. The smallest absolute Gasteiger partial charge is 0.220 e. The molecule has 0 spiro atoms. The minimum Gasteiger partial charge on any atom is -0.494 e. The van der Waals surface area contributed by atoms with Crippen molar-refractivity contribution in [2.24, 2.45) is 0 Å². The van der Waals surface area contributed by atoms with Crippen molar-refractivity contribution in [3.63, 3.8) is 0 Å². The Labute approximate surface area is 115 Å². The fraction of sp³-hybridized carbons (Fsp3) is 0.533. The van der Waals surface area contributed by atoms with Crippen LogP contribution in [0.15, 0.2) is 24.3 Å². The molecule has 1 amide bonds. The number of hydrogen-bond donors (Lipinski definition) is 2. The van der Waals surface area contributed by atoms with Gasteiger partial charge >= 0.3 is 0 Å². The van der Waals surface area contributed by atoms with E-state index in [0.717, 1.165) is 30.8 Å². The van der Waals surface area contributed by atoms with Gasteiger partial charge in [0.05, 0.1) is 6.61 Å². The van der Waals surface area contributed by atoms with Crippen molar-refractivity contribution in [1.29, 1.82) is 0 Å². The van der Waals surface area contributed by atoms with Crippen molar-refractivity contribution in [2.45, 2.75) is 26.7 Å². The molecule has 1 rings (SSSR count). The number of carbonyl (C=O) groups excluding carboxylic acids is 1. The third-order valence-corrected chi connectivity index (χ3v) is 2.75. The molecule has 0 bridgehead atoms. The number of nitrogens with one attached hydrogen (secondary N) is 2. The van der Waals surface area contributed by atoms with Crippen molar-refractivity contribution in [1.82, 2.24) is 10.6 Å². The minimum atomic E-state index is 0.104. The first-order valence-corrected chi connectivity index (χ1v) is 6.95. The van der Waals surface area contributed by atoms with Crippen LogP contribution in [0.2, 0.25) is 0 Å². The number of rotatable bonds is 9. The Morgan fingerprint density at radius 3 is 2.53 bits per heavy atom. The maximum Gasteiger partial charge on any atom is 0.220 e. The van der Waals surface area contributed by atoms with Crippen LogP contribution in [0, 0.1) is 0 Å². The molecule has 4 nitrogen and oxygen atoms in total. The third kappa shape index (κ3) is 6.82. The SMILES string of the molecule is CCNCCNC(=O)CCc1ccc(OCC)cc1. The lowest BCUT2D eigenvalue weighted by atomic mass is 10.1. The summed E-state index contributed by atoms with van der Waals surface area (Å²) in [7, 11) is 0. The Hall–Kier alpha value is -1.55. The van der Waals surface area contributed by atoms with Gasteiger partial charge in [-0.1, -0.05) is 19.1 Å². The summed E-state index contributed by atoms with van der Waals surface area (Å²) in [6, 6.07) is 7.91. The van der Waals surface area contributed by atoms with E-state index >= 15 is 0 Å². The average molecular weight is 264 g/mol. The zero-order valence-electron chi connectivity index (χ0n) is 11.9. The number of likely N-dealkylation sites (N-methyl/N-ethyl adjacent to an activating group) is 1. The normalized spacial score (nSPS) is 10.2. The highest BCUT2D eigenvalue weighted by atomic mass is 16.5. The molecule has 0 unspecified atom stereocenters. The van der Waals surface area contributed by atoms with Gasteiger partial charge < -0.3 is 15.4 Å². The number of amides is 1. The molecule has 2 N–H and O–H groups in total. The molecule has 106 valence electrons. The molecule has 0 atom stereocenters. The van der Waals surface area contributed by atoms with E-state index in [-0.39, 0.29) is 5.91 Å². The molecule has 0 radical (unpaired) electrons. The van der Waals surface area contributed by atoms with Crippen molar-refractivity contribution < 1.29 is 9.53 Å². The Balaban J connectivity index is 2.22. The van der Waals surface area contributed by atoms with Gasteiger partial charge in [0, 0.05) is 19.5 Å². The first kappa shape index (κ1) is 15.5. The predicted octanol–water partition coefficient (Wildman–Crippen LogP) is 1.74. The van der Waals surface area contributed by atoms with Gasteiger partial charge in [0.25, 0.3) is 0 Å². The maximum absolute atomic E-state index is 11.6. The zero-order valence-corrected chi connectivity index (χ0v) is 11.9. The lowest BCUT2D eigenvalue weighted by molar-refractivity contribution is -0.121. The second-order valence-corrected chi connectivity index (χ2v) is 4.28. The van der Waals surface area contributed by atoms with E-state index in [1.54, 1.807) is 0 Å². The lowest BCUT2D eigenvalue weighted by Gasteiger charge is -2.06. The van der Waals surface area contributed by atoms with Crippen LogP contribution in [-0.4, -0.2) is 32.1 Å². The molecule has 0 saturated heterocycles. The van der Waals surface area contributed by atoms with Crippen molar-refractivity contribution >= 4 is 5.91 Å². The van der Waals surface area contributed by atoms with E-state index < -0.39 is 0 Å². The van der Waals surface area contributed by atoms with Crippen LogP contribution < -0.4 is 15.4 Å². The highest BCUT2D eigenvalue weighted by molar-refractivity contribution is 5.76. The molecule has 4 heteroatoms. The average Bonchev–Trinajstić information content (AvgIpc) is 2.43. The van der Waals surface area contributed by atoms with Crippen LogP contribution in [0.3, 0.4) is 0 Å². The summed E-state index contributed by atoms with van der Waals surface area (Å²) < 4.78 is 5.38. The van der Waals surface area contributed by atoms with E-state index in [9.17, 15) is 4.79 Å². The largest absolute Gasteiger partial charge is 0.494 e. The van der Waals surface area contributed by atoms with Crippen molar-refractivity contribution in [2.75, 3.05) is 26.2 Å². The fourth-order valence-corrected chi connectivity index (χ4v) is 1.73. The van der Waals surface area contributed by atoms with Gasteiger partial charge in [-0.15, -0.1) is 0 Å². The topological polar surface area (TPSA) is 50.4 Å². The second kappa shape index (κ2) is 9.39. The Morgan fingerprint density at radius 2 is 1.89 bits per heavy atom. The first-order chi connectivity index (χ1) is 9.26. The molecular weight excluding hydrogens is 240 g/mol. The van der Waals surface area contributed by atoms with Gasteiger partial charge in [-0.25, -0.2) is 0 Å².